The molecule has 0 spiro atoms. The fourth-order valence-corrected chi connectivity index (χ4v) is 2.89. The number of para-hydroxylation sites is 1. The van der Waals surface area contributed by atoms with Crippen molar-refractivity contribution in [2.24, 2.45) is 0 Å². The Morgan fingerprint density at radius 3 is 1.93 bits per heavy atom. The number of Topliss-reactive ketones (excluding diaryl/α,β-unsaturated/α-hetero) is 1. The highest BCUT2D eigenvalue weighted by Crippen LogP contribution is 2.20. The van der Waals surface area contributed by atoms with Crippen molar-refractivity contribution in [3.8, 4) is 0 Å². The summed E-state index contributed by atoms with van der Waals surface area (Å²) in [5, 5.41) is 5.56. The van der Waals surface area contributed by atoms with Crippen molar-refractivity contribution in [3.63, 3.8) is 0 Å². The van der Waals surface area contributed by atoms with E-state index < -0.39 is 11.8 Å². The van der Waals surface area contributed by atoms with Crippen LogP contribution in [-0.4, -0.2) is 22.6 Å². The zero-order chi connectivity index (χ0) is 21.0. The van der Waals surface area contributed by atoms with E-state index in [1.807, 2.05) is 32.0 Å². The van der Waals surface area contributed by atoms with Crippen LogP contribution in [0.15, 0.2) is 60.7 Å². The summed E-state index contributed by atoms with van der Waals surface area (Å²) in [6.07, 6.45) is 0. The maximum Gasteiger partial charge on any atom is 0.274 e. The average molecular weight is 387 g/mol. The second-order valence-corrected chi connectivity index (χ2v) is 6.72. The minimum Gasteiger partial charge on any atom is -0.321 e. The Labute approximate surface area is 169 Å². The SMILES string of the molecule is CC(=O)c1cccc(NC(=O)c2cccc(C(=O)Nc3c(C)cccc3C)n2)c1. The van der Waals surface area contributed by atoms with Crippen molar-refractivity contribution in [2.75, 3.05) is 10.6 Å². The van der Waals surface area contributed by atoms with E-state index in [0.29, 0.717) is 11.3 Å². The van der Waals surface area contributed by atoms with Crippen LogP contribution in [0.4, 0.5) is 11.4 Å². The van der Waals surface area contributed by atoms with Crippen LogP contribution in [0.1, 0.15) is 49.4 Å². The van der Waals surface area contributed by atoms with Crippen LogP contribution in [0.3, 0.4) is 0 Å². The number of hydrogen-bond donors (Lipinski definition) is 2. The van der Waals surface area contributed by atoms with Crippen molar-refractivity contribution in [2.45, 2.75) is 20.8 Å². The number of nitrogens with zero attached hydrogens (tertiary/aromatic N) is 1. The maximum atomic E-state index is 12.6. The zero-order valence-corrected chi connectivity index (χ0v) is 16.4. The highest BCUT2D eigenvalue weighted by Gasteiger charge is 2.15. The second kappa shape index (κ2) is 8.48. The van der Waals surface area contributed by atoms with E-state index >= 15 is 0 Å². The number of aryl methyl sites for hydroxylation is 2. The van der Waals surface area contributed by atoms with Gasteiger partial charge in [0, 0.05) is 16.9 Å². The molecule has 0 saturated carbocycles. The van der Waals surface area contributed by atoms with Crippen molar-refractivity contribution in [1.82, 2.24) is 4.98 Å². The Bertz CT molecular complexity index is 1090. The summed E-state index contributed by atoms with van der Waals surface area (Å²) in [5.74, 6) is -0.951. The molecule has 3 rings (SSSR count). The fourth-order valence-electron chi connectivity index (χ4n) is 2.89. The maximum absolute atomic E-state index is 12.6. The number of anilines is 2. The number of ketones is 1. The van der Waals surface area contributed by atoms with Crippen LogP contribution >= 0.6 is 0 Å². The van der Waals surface area contributed by atoms with Gasteiger partial charge in [0.05, 0.1) is 0 Å². The van der Waals surface area contributed by atoms with Gasteiger partial charge in [0.1, 0.15) is 11.4 Å². The molecular formula is C23H21N3O3. The molecule has 29 heavy (non-hydrogen) atoms. The Balaban J connectivity index is 1.78. The molecule has 0 bridgehead atoms. The van der Waals surface area contributed by atoms with Gasteiger partial charge in [-0.1, -0.05) is 36.4 Å². The molecule has 0 fully saturated rings. The molecule has 0 aliphatic carbocycles. The molecule has 0 unspecified atom stereocenters. The van der Waals surface area contributed by atoms with Crippen molar-refractivity contribution < 1.29 is 14.4 Å². The van der Waals surface area contributed by atoms with Gasteiger partial charge in [0.15, 0.2) is 5.78 Å². The van der Waals surface area contributed by atoms with Crippen molar-refractivity contribution in [3.05, 3.63) is 88.7 Å². The van der Waals surface area contributed by atoms with E-state index in [4.69, 9.17) is 0 Å². The summed E-state index contributed by atoms with van der Waals surface area (Å²) in [6.45, 7) is 5.28. The van der Waals surface area contributed by atoms with E-state index in [-0.39, 0.29) is 17.2 Å². The third kappa shape index (κ3) is 4.73. The van der Waals surface area contributed by atoms with Crippen molar-refractivity contribution in [1.29, 1.82) is 0 Å². The molecule has 0 atom stereocenters. The Morgan fingerprint density at radius 1 is 0.759 bits per heavy atom. The number of aromatic nitrogens is 1. The molecule has 1 heterocycles. The van der Waals surface area contributed by atoms with Crippen molar-refractivity contribution >= 4 is 29.0 Å². The fraction of sp³-hybridized carbons (Fsp3) is 0.130. The topological polar surface area (TPSA) is 88.2 Å². The monoisotopic (exact) mass is 387 g/mol. The van der Waals surface area contributed by atoms with Gasteiger partial charge in [0.2, 0.25) is 0 Å². The summed E-state index contributed by atoms with van der Waals surface area (Å²) in [5.41, 5.74) is 3.84. The number of hydrogen-bond acceptors (Lipinski definition) is 4. The van der Waals surface area contributed by atoms with Gasteiger partial charge in [-0.25, -0.2) is 4.98 Å². The molecule has 0 saturated heterocycles. The number of benzene rings is 2. The molecule has 0 radical (unpaired) electrons. The van der Waals surface area contributed by atoms with Gasteiger partial charge >= 0.3 is 0 Å². The average Bonchev–Trinajstić information content (AvgIpc) is 2.71. The number of carbonyl (C=O) groups is 3. The normalized spacial score (nSPS) is 10.3. The lowest BCUT2D eigenvalue weighted by Crippen LogP contribution is -2.19. The summed E-state index contributed by atoms with van der Waals surface area (Å²) in [4.78, 5) is 40.9. The third-order valence-corrected chi connectivity index (χ3v) is 4.46. The first-order chi connectivity index (χ1) is 13.8. The Hall–Kier alpha value is -3.80. The number of carbonyl (C=O) groups excluding carboxylic acids is 3. The zero-order valence-electron chi connectivity index (χ0n) is 16.4. The highest BCUT2D eigenvalue weighted by atomic mass is 16.2. The first-order valence-electron chi connectivity index (χ1n) is 9.12. The molecule has 2 aromatic carbocycles. The van der Waals surface area contributed by atoms with Crippen LogP contribution < -0.4 is 10.6 Å². The van der Waals surface area contributed by atoms with Crippen LogP contribution in [0.5, 0.6) is 0 Å². The number of pyridine rings is 1. The molecule has 0 aliphatic rings. The van der Waals surface area contributed by atoms with E-state index in [9.17, 15) is 14.4 Å². The highest BCUT2D eigenvalue weighted by molar-refractivity contribution is 6.07. The quantitative estimate of drug-likeness (QED) is 0.635. The molecule has 6 nitrogen and oxygen atoms in total. The lowest BCUT2D eigenvalue weighted by Gasteiger charge is -2.11. The molecule has 2 amide bonds. The van der Waals surface area contributed by atoms with E-state index in [2.05, 4.69) is 15.6 Å². The summed E-state index contributed by atoms with van der Waals surface area (Å²) in [6, 6.07) is 17.1. The molecule has 2 N–H and O–H groups in total. The van der Waals surface area contributed by atoms with Gasteiger partial charge in [-0.15, -0.1) is 0 Å². The van der Waals surface area contributed by atoms with Crippen LogP contribution in [0.25, 0.3) is 0 Å². The molecular weight excluding hydrogens is 366 g/mol. The summed E-state index contributed by atoms with van der Waals surface area (Å²) in [7, 11) is 0. The molecule has 3 aromatic rings. The summed E-state index contributed by atoms with van der Waals surface area (Å²) >= 11 is 0. The smallest absolute Gasteiger partial charge is 0.274 e. The largest absolute Gasteiger partial charge is 0.321 e. The van der Waals surface area contributed by atoms with E-state index in [0.717, 1.165) is 16.8 Å². The predicted molar refractivity (Wildman–Crippen MR) is 113 cm³/mol. The number of rotatable bonds is 5. The summed E-state index contributed by atoms with van der Waals surface area (Å²) < 4.78 is 0. The molecule has 146 valence electrons. The molecule has 0 aliphatic heterocycles. The number of nitrogens with one attached hydrogen (secondary N) is 2. The lowest BCUT2D eigenvalue weighted by atomic mass is 10.1. The van der Waals surface area contributed by atoms with Crippen LogP contribution in [0, 0.1) is 13.8 Å². The van der Waals surface area contributed by atoms with Crippen LogP contribution in [-0.2, 0) is 0 Å². The van der Waals surface area contributed by atoms with Gasteiger partial charge < -0.3 is 10.6 Å². The van der Waals surface area contributed by atoms with Gasteiger partial charge in [0.25, 0.3) is 11.8 Å². The first kappa shape index (κ1) is 19.9. The Morgan fingerprint density at radius 2 is 1.31 bits per heavy atom. The van der Waals surface area contributed by atoms with E-state index in [1.54, 1.807) is 36.4 Å². The van der Waals surface area contributed by atoms with Crippen LogP contribution in [0.2, 0.25) is 0 Å². The minimum atomic E-state index is -0.465. The first-order valence-corrected chi connectivity index (χ1v) is 9.12. The minimum absolute atomic E-state index is 0.0932. The second-order valence-electron chi connectivity index (χ2n) is 6.72. The third-order valence-electron chi connectivity index (χ3n) is 4.46. The lowest BCUT2D eigenvalue weighted by molar-refractivity contribution is 0.100. The number of amides is 2. The molecule has 6 heteroatoms. The predicted octanol–water partition coefficient (Wildman–Crippen LogP) is 4.41. The van der Waals surface area contributed by atoms with E-state index in [1.165, 1.54) is 13.0 Å². The van der Waals surface area contributed by atoms with Gasteiger partial charge in [-0.05, 0) is 56.2 Å². The van der Waals surface area contributed by atoms with Gasteiger partial charge in [-0.3, -0.25) is 14.4 Å². The molecule has 1 aromatic heterocycles. The standard InChI is InChI=1S/C23H21N3O3/c1-14-7-4-8-15(2)21(14)26-23(29)20-12-6-11-19(25-20)22(28)24-18-10-5-9-17(13-18)16(3)27/h4-13H,1-3H3,(H,24,28)(H,26,29). The Kier molecular flexibility index (Phi) is 5.83. The van der Waals surface area contributed by atoms with Gasteiger partial charge in [-0.2, -0.15) is 0 Å².